The molecule has 0 bridgehead atoms. The number of aromatic amines is 2. The fourth-order valence-corrected chi connectivity index (χ4v) is 1.83. The second kappa shape index (κ2) is 19.9. The standard InChI is InChI=1S/2C8H7N3.Cd.2NO3.2H2O/c2*1-2-5-9-7(3-1)8-4-6-10-11-8;;2*2-1(3)4;;/h2*1-6H,(H,10,11);;;;2*1H2/q;;+2;2*-1;;/p+2. The van der Waals surface area contributed by atoms with E-state index in [1.54, 1.807) is 24.8 Å². The van der Waals surface area contributed by atoms with Gasteiger partial charge in [-0.3, -0.25) is 20.2 Å². The zero-order valence-corrected chi connectivity index (χ0v) is 21.0. The Kier molecular flexibility index (Phi) is 20.3. The average Bonchev–Trinajstić information content (AvgIpc) is 3.43. The maximum Gasteiger partial charge on any atom is 2.00 e. The van der Waals surface area contributed by atoms with Crippen molar-refractivity contribution >= 4 is 0 Å². The summed E-state index contributed by atoms with van der Waals surface area (Å²) in [5.41, 5.74) is 3.55. The van der Waals surface area contributed by atoms with E-state index in [0.29, 0.717) is 0 Å². The van der Waals surface area contributed by atoms with Crippen LogP contribution in [0.1, 0.15) is 0 Å². The molecule has 0 atom stereocenters. The van der Waals surface area contributed by atoms with Gasteiger partial charge >= 0.3 is 27.3 Å². The van der Waals surface area contributed by atoms with Gasteiger partial charge in [0.25, 0.3) is 0 Å². The van der Waals surface area contributed by atoms with Gasteiger partial charge in [-0.05, 0) is 36.4 Å². The van der Waals surface area contributed by atoms with Gasteiger partial charge in [0.1, 0.15) is 11.4 Å². The van der Waals surface area contributed by atoms with Crippen LogP contribution in [0.25, 0.3) is 22.8 Å². The molecule has 0 saturated heterocycles. The second-order valence-electron chi connectivity index (χ2n) is 4.80. The molecular weight excluding hydrogens is 545 g/mol. The quantitative estimate of drug-likeness (QED) is 0.148. The first-order chi connectivity index (χ1) is 14.4. The first-order valence-electron chi connectivity index (χ1n) is 7.85. The van der Waals surface area contributed by atoms with Crippen LogP contribution in [0.2, 0.25) is 0 Å². The van der Waals surface area contributed by atoms with Crippen molar-refractivity contribution in [3.05, 3.63) is 104 Å². The molecule has 0 unspecified atom stereocenters. The maximum absolute atomic E-state index is 8.25. The maximum atomic E-state index is 8.25. The third kappa shape index (κ3) is 16.3. The molecule has 0 spiro atoms. The molecular formula is C16H20CdN8O8+2. The fourth-order valence-electron chi connectivity index (χ4n) is 1.83. The number of H-pyrrole nitrogens is 2. The van der Waals surface area contributed by atoms with Crippen molar-refractivity contribution in [1.29, 1.82) is 0 Å². The van der Waals surface area contributed by atoms with Crippen molar-refractivity contribution in [2.45, 2.75) is 0 Å². The van der Waals surface area contributed by atoms with E-state index in [4.69, 9.17) is 30.6 Å². The van der Waals surface area contributed by atoms with Crippen LogP contribution >= 0.6 is 0 Å². The Hall–Kier alpha value is -4.04. The molecule has 0 aliphatic rings. The molecule has 0 aromatic carbocycles. The fraction of sp³-hybridized carbons (Fsp3) is 0. The molecule has 0 fully saturated rings. The van der Waals surface area contributed by atoms with E-state index in [1.165, 1.54) is 0 Å². The number of nitrogens with zero attached hydrogens (tertiary/aromatic N) is 6. The molecule has 33 heavy (non-hydrogen) atoms. The zero-order chi connectivity index (χ0) is 22.2. The molecule has 4 rings (SSSR count). The van der Waals surface area contributed by atoms with Crippen LogP contribution in [0.3, 0.4) is 0 Å². The molecule has 16 nitrogen and oxygen atoms in total. The summed E-state index contributed by atoms with van der Waals surface area (Å²) >= 11 is 0. The van der Waals surface area contributed by atoms with Crippen LogP contribution < -0.4 is 0 Å². The minimum absolute atomic E-state index is 0. The number of rotatable bonds is 2. The van der Waals surface area contributed by atoms with Crippen LogP contribution in [0.5, 0.6) is 0 Å². The van der Waals surface area contributed by atoms with E-state index in [9.17, 15) is 0 Å². The van der Waals surface area contributed by atoms with Crippen LogP contribution in [0, 0.1) is 30.6 Å². The Bertz CT molecular complexity index is 887. The van der Waals surface area contributed by atoms with Gasteiger partial charge in [-0.25, -0.2) is 0 Å². The largest absolute Gasteiger partial charge is 2.00 e. The summed E-state index contributed by atoms with van der Waals surface area (Å²) < 4.78 is 0. The van der Waals surface area contributed by atoms with Gasteiger partial charge in [0.05, 0.1) is 21.6 Å². The van der Waals surface area contributed by atoms with Crippen molar-refractivity contribution in [3.8, 4) is 22.8 Å². The van der Waals surface area contributed by atoms with Crippen molar-refractivity contribution in [2.75, 3.05) is 0 Å². The molecule has 0 amide bonds. The summed E-state index contributed by atoms with van der Waals surface area (Å²) in [6, 6.07) is 15.3. The SMILES string of the molecule is O=[N+]([O-])[O-].O=[N+]([O-])[O-].[Cd+2].[OH3+].[OH3+].c1ccc(-c2cc[nH]n2)nc1.c1ccc(-c2cc[nH]n2)nc1. The second-order valence-corrected chi connectivity index (χ2v) is 4.80. The summed E-state index contributed by atoms with van der Waals surface area (Å²) in [4.78, 5) is 24.8. The Balaban J connectivity index is -0.000000389. The summed E-state index contributed by atoms with van der Waals surface area (Å²) in [5.74, 6) is 0. The Morgan fingerprint density at radius 2 is 0.939 bits per heavy atom. The van der Waals surface area contributed by atoms with Crippen molar-refractivity contribution in [2.24, 2.45) is 0 Å². The van der Waals surface area contributed by atoms with E-state index in [1.807, 2.05) is 48.5 Å². The number of nitrogens with one attached hydrogen (secondary N) is 2. The van der Waals surface area contributed by atoms with Crippen molar-refractivity contribution in [1.82, 2.24) is 30.4 Å². The van der Waals surface area contributed by atoms with Gasteiger partial charge in [0.15, 0.2) is 0 Å². The minimum atomic E-state index is -1.75. The van der Waals surface area contributed by atoms with E-state index in [-0.39, 0.29) is 38.3 Å². The summed E-state index contributed by atoms with van der Waals surface area (Å²) in [6.07, 6.45) is 7.07. The molecule has 4 aromatic rings. The molecule has 8 N–H and O–H groups in total. The number of hydrogen-bond acceptors (Lipinski definition) is 10. The predicted octanol–water partition coefficient (Wildman–Crippen LogP) is 0.619. The first kappa shape index (κ1) is 33.6. The molecule has 0 aliphatic carbocycles. The van der Waals surface area contributed by atoms with Crippen LogP contribution in [-0.4, -0.2) is 40.5 Å². The summed E-state index contributed by atoms with van der Waals surface area (Å²) in [6.45, 7) is 0. The van der Waals surface area contributed by atoms with E-state index in [2.05, 4.69) is 30.4 Å². The molecule has 17 heteroatoms. The summed E-state index contributed by atoms with van der Waals surface area (Å²) in [7, 11) is 0. The normalized spacial score (nSPS) is 8.00. The molecule has 4 heterocycles. The molecule has 4 aromatic heterocycles. The number of pyridine rings is 2. The minimum Gasteiger partial charge on any atom is -0.457 e. The third-order valence-corrected chi connectivity index (χ3v) is 2.86. The monoisotopic (exact) mass is 566 g/mol. The smallest absolute Gasteiger partial charge is 0.457 e. The van der Waals surface area contributed by atoms with E-state index >= 15 is 0 Å². The topological polar surface area (TPSA) is 282 Å². The van der Waals surface area contributed by atoms with E-state index in [0.717, 1.165) is 22.8 Å². The van der Waals surface area contributed by atoms with Gasteiger partial charge in [-0.15, -0.1) is 0 Å². The molecule has 172 valence electrons. The van der Waals surface area contributed by atoms with Gasteiger partial charge in [-0.1, -0.05) is 12.1 Å². The predicted molar refractivity (Wildman–Crippen MR) is 114 cm³/mol. The average molecular weight is 565 g/mol. The number of aromatic nitrogens is 6. The molecule has 0 saturated carbocycles. The van der Waals surface area contributed by atoms with Crippen molar-refractivity contribution < 1.29 is 48.4 Å². The van der Waals surface area contributed by atoms with E-state index < -0.39 is 10.2 Å². The first-order valence-corrected chi connectivity index (χ1v) is 7.85. The van der Waals surface area contributed by atoms with Gasteiger partial charge in [0.2, 0.25) is 0 Å². The van der Waals surface area contributed by atoms with Gasteiger partial charge < -0.3 is 41.6 Å². The number of hydrogen-bond donors (Lipinski definition) is 2. The van der Waals surface area contributed by atoms with Gasteiger partial charge in [-0.2, -0.15) is 10.2 Å². The Labute approximate surface area is 205 Å². The van der Waals surface area contributed by atoms with Crippen LogP contribution in [0.15, 0.2) is 73.3 Å². The third-order valence-electron chi connectivity index (χ3n) is 2.86. The van der Waals surface area contributed by atoms with Crippen molar-refractivity contribution in [3.63, 3.8) is 0 Å². The Morgan fingerprint density at radius 1 is 0.606 bits per heavy atom. The molecule has 0 aliphatic heterocycles. The zero-order valence-electron chi connectivity index (χ0n) is 16.9. The van der Waals surface area contributed by atoms with Crippen LogP contribution in [0.4, 0.5) is 0 Å². The van der Waals surface area contributed by atoms with Gasteiger partial charge in [0, 0.05) is 24.8 Å². The molecule has 0 radical (unpaired) electrons. The van der Waals surface area contributed by atoms with Crippen LogP contribution in [-0.2, 0) is 38.3 Å². The summed E-state index contributed by atoms with van der Waals surface area (Å²) in [5, 5.41) is 43.0. The Morgan fingerprint density at radius 3 is 1.15 bits per heavy atom.